The molecule has 0 bridgehead atoms. The second-order valence-corrected chi connectivity index (χ2v) is 14.5. The summed E-state index contributed by atoms with van der Waals surface area (Å²) in [5.41, 5.74) is 2.36. The number of nitrogens with zero attached hydrogens (tertiary/aromatic N) is 3. The third-order valence-corrected chi connectivity index (χ3v) is 10.3. The van der Waals surface area contributed by atoms with Gasteiger partial charge >= 0.3 is 0 Å². The van der Waals surface area contributed by atoms with E-state index in [4.69, 9.17) is 14.5 Å². The third kappa shape index (κ3) is 7.72. The highest BCUT2D eigenvalue weighted by Gasteiger charge is 2.36. The fraction of sp³-hybridized carbons (Fsp3) is 0.344. The van der Waals surface area contributed by atoms with E-state index in [0.717, 1.165) is 33.2 Å². The van der Waals surface area contributed by atoms with Gasteiger partial charge in [-0.3, -0.25) is 4.98 Å². The van der Waals surface area contributed by atoms with Crippen LogP contribution in [0.4, 0.5) is 15.9 Å². The van der Waals surface area contributed by atoms with Crippen molar-refractivity contribution in [2.45, 2.75) is 50.6 Å². The van der Waals surface area contributed by atoms with Crippen LogP contribution in [0.5, 0.6) is 5.75 Å². The van der Waals surface area contributed by atoms with Crippen molar-refractivity contribution in [2.75, 3.05) is 24.2 Å². The lowest BCUT2D eigenvalue weighted by Crippen LogP contribution is -2.30. The number of ether oxygens (including phenoxy) is 2. The highest BCUT2D eigenvalue weighted by Crippen LogP contribution is 2.39. The van der Waals surface area contributed by atoms with Crippen LogP contribution in [0, 0.1) is 5.82 Å². The highest BCUT2D eigenvalue weighted by atomic mass is 79.9. The van der Waals surface area contributed by atoms with Crippen molar-refractivity contribution in [3.8, 4) is 5.75 Å². The standard InChI is InChI=1S/C32H35BrFN5O4S/c1-22(2)44(40,41)15-13-35-12-4-10-32(11-5-14-43-32)30-18-26-28(19-36-30)37-21-38-31(26)39-25-8-9-29(27(33)17-25)42-20-23-6-3-7-24(34)16-23/h3,5-9,14,16-19,21-22,35H,4,10-13,15,20H2,1-2H3,(H,37,38,39). The molecule has 0 fully saturated rings. The molecule has 1 aliphatic rings. The monoisotopic (exact) mass is 683 g/mol. The zero-order valence-electron chi connectivity index (χ0n) is 24.6. The van der Waals surface area contributed by atoms with E-state index in [1.165, 1.54) is 18.5 Å². The maximum absolute atomic E-state index is 13.5. The molecule has 0 aliphatic carbocycles. The van der Waals surface area contributed by atoms with Gasteiger partial charge in [-0.1, -0.05) is 12.1 Å². The lowest BCUT2D eigenvalue weighted by atomic mass is 9.90. The van der Waals surface area contributed by atoms with Crippen molar-refractivity contribution in [3.05, 3.63) is 94.9 Å². The summed E-state index contributed by atoms with van der Waals surface area (Å²) in [7, 11) is -3.07. The quantitative estimate of drug-likeness (QED) is 0.142. The molecule has 1 unspecified atom stereocenters. The first-order valence-corrected chi connectivity index (χ1v) is 17.0. The van der Waals surface area contributed by atoms with Gasteiger partial charge in [0.1, 0.15) is 30.3 Å². The van der Waals surface area contributed by atoms with Crippen LogP contribution in [0.3, 0.4) is 0 Å². The van der Waals surface area contributed by atoms with E-state index >= 15 is 0 Å². The van der Waals surface area contributed by atoms with E-state index in [1.807, 2.05) is 36.4 Å². The Hall–Kier alpha value is -3.61. The predicted molar refractivity (Wildman–Crippen MR) is 173 cm³/mol. The highest BCUT2D eigenvalue weighted by molar-refractivity contribution is 9.10. The maximum Gasteiger partial charge on any atom is 0.153 e. The lowest BCUT2D eigenvalue weighted by molar-refractivity contribution is 0.0265. The Labute approximate surface area is 265 Å². The van der Waals surface area contributed by atoms with Gasteiger partial charge in [-0.15, -0.1) is 0 Å². The summed E-state index contributed by atoms with van der Waals surface area (Å²) in [5.74, 6) is 1.07. The minimum absolute atomic E-state index is 0.122. The van der Waals surface area contributed by atoms with Crippen molar-refractivity contribution in [3.63, 3.8) is 0 Å². The van der Waals surface area contributed by atoms with Crippen molar-refractivity contribution < 1.29 is 22.3 Å². The third-order valence-electron chi connectivity index (χ3n) is 7.52. The van der Waals surface area contributed by atoms with Crippen molar-refractivity contribution in [1.82, 2.24) is 20.3 Å². The first kappa shape index (κ1) is 31.8. The number of fused-ring (bicyclic) bond motifs is 1. The van der Waals surface area contributed by atoms with Gasteiger partial charge in [0.05, 0.1) is 39.1 Å². The second kappa shape index (κ2) is 14.0. The van der Waals surface area contributed by atoms with Crippen LogP contribution in [-0.2, 0) is 26.8 Å². The number of pyridine rings is 1. The Kier molecular flexibility index (Phi) is 10.1. The topological polar surface area (TPSA) is 115 Å². The van der Waals surface area contributed by atoms with Crippen LogP contribution in [0.1, 0.15) is 44.4 Å². The summed E-state index contributed by atoms with van der Waals surface area (Å²) < 4.78 is 50.4. The van der Waals surface area contributed by atoms with Crippen LogP contribution >= 0.6 is 15.9 Å². The number of hydrogen-bond donors (Lipinski definition) is 2. The fourth-order valence-electron chi connectivity index (χ4n) is 4.92. The maximum atomic E-state index is 13.5. The molecule has 2 aromatic heterocycles. The number of nitrogens with one attached hydrogen (secondary N) is 2. The molecule has 232 valence electrons. The number of hydrogen-bond acceptors (Lipinski definition) is 9. The molecule has 44 heavy (non-hydrogen) atoms. The van der Waals surface area contributed by atoms with Crippen LogP contribution in [0.15, 0.2) is 77.9 Å². The molecule has 0 spiro atoms. The summed E-state index contributed by atoms with van der Waals surface area (Å²) >= 11 is 3.58. The van der Waals surface area contributed by atoms with E-state index < -0.39 is 15.4 Å². The van der Waals surface area contributed by atoms with Crippen molar-refractivity contribution in [2.24, 2.45) is 0 Å². The number of aromatic nitrogens is 3. The smallest absolute Gasteiger partial charge is 0.153 e. The van der Waals surface area contributed by atoms with Crippen LogP contribution in [0.25, 0.3) is 10.9 Å². The minimum atomic E-state index is -3.07. The molecule has 0 amide bonds. The van der Waals surface area contributed by atoms with Gasteiger partial charge in [-0.25, -0.2) is 22.8 Å². The Morgan fingerprint density at radius 1 is 1.11 bits per heavy atom. The van der Waals surface area contributed by atoms with E-state index in [2.05, 4.69) is 36.5 Å². The fourth-order valence-corrected chi connectivity index (χ4v) is 6.31. The first-order chi connectivity index (χ1) is 21.1. The predicted octanol–water partition coefficient (Wildman–Crippen LogP) is 6.57. The van der Waals surface area contributed by atoms with E-state index in [1.54, 1.807) is 32.4 Å². The molecule has 9 nitrogen and oxygen atoms in total. The normalized spacial score (nSPS) is 16.4. The van der Waals surface area contributed by atoms with Crippen molar-refractivity contribution >= 4 is 48.2 Å². The number of rotatable bonds is 14. The number of benzene rings is 2. The summed E-state index contributed by atoms with van der Waals surface area (Å²) in [6.07, 6.45) is 9.08. The van der Waals surface area contributed by atoms with Crippen LogP contribution in [0.2, 0.25) is 0 Å². The molecular formula is C32H35BrFN5O4S. The average molecular weight is 685 g/mol. The molecule has 12 heteroatoms. The average Bonchev–Trinajstić information content (AvgIpc) is 3.48. The molecule has 4 aromatic rings. The molecule has 3 heterocycles. The number of halogens is 2. The minimum Gasteiger partial charge on any atom is -0.489 e. The summed E-state index contributed by atoms with van der Waals surface area (Å²) in [6, 6.07) is 13.9. The summed E-state index contributed by atoms with van der Waals surface area (Å²) in [6.45, 7) is 4.73. The first-order valence-electron chi connectivity index (χ1n) is 14.5. The molecule has 2 aromatic carbocycles. The lowest BCUT2D eigenvalue weighted by Gasteiger charge is -2.28. The Balaban J connectivity index is 1.27. The Bertz CT molecular complexity index is 1740. The molecule has 1 aliphatic heterocycles. The summed E-state index contributed by atoms with van der Waals surface area (Å²) in [4.78, 5) is 13.6. The molecule has 2 N–H and O–H groups in total. The van der Waals surface area contributed by atoms with Crippen LogP contribution in [-0.4, -0.2) is 47.5 Å². The Morgan fingerprint density at radius 3 is 2.73 bits per heavy atom. The largest absolute Gasteiger partial charge is 0.489 e. The number of anilines is 2. The molecule has 1 atom stereocenters. The van der Waals surface area contributed by atoms with Gasteiger partial charge < -0.3 is 20.1 Å². The molecule has 0 saturated carbocycles. The summed E-state index contributed by atoms with van der Waals surface area (Å²) in [5, 5.41) is 7.06. The van der Waals surface area contributed by atoms with Crippen molar-refractivity contribution in [1.29, 1.82) is 0 Å². The van der Waals surface area contributed by atoms with E-state index in [0.29, 0.717) is 43.0 Å². The zero-order chi connectivity index (χ0) is 31.2. The Morgan fingerprint density at radius 2 is 1.98 bits per heavy atom. The van der Waals surface area contributed by atoms with Gasteiger partial charge in [0, 0.05) is 24.0 Å². The van der Waals surface area contributed by atoms with Gasteiger partial charge in [-0.05, 0) is 97.2 Å². The van der Waals surface area contributed by atoms with E-state index in [-0.39, 0.29) is 23.4 Å². The molecule has 0 radical (unpaired) electrons. The molecule has 5 rings (SSSR count). The van der Waals surface area contributed by atoms with Gasteiger partial charge in [-0.2, -0.15) is 0 Å². The van der Waals surface area contributed by atoms with Gasteiger partial charge in [0.15, 0.2) is 15.4 Å². The number of sulfone groups is 1. The molecular weight excluding hydrogens is 649 g/mol. The second-order valence-electron chi connectivity index (χ2n) is 11.0. The molecule has 0 saturated heterocycles. The SMILES string of the molecule is CC(C)S(=O)(=O)CCNCCCC1(c2cc3c(Nc4ccc(OCc5cccc(F)c5)c(Br)c4)ncnc3cn2)CC=CO1. The van der Waals surface area contributed by atoms with Crippen LogP contribution < -0.4 is 15.4 Å². The van der Waals surface area contributed by atoms with E-state index in [9.17, 15) is 12.8 Å². The zero-order valence-corrected chi connectivity index (χ0v) is 27.0. The van der Waals surface area contributed by atoms with Gasteiger partial charge in [0.2, 0.25) is 0 Å². The van der Waals surface area contributed by atoms with Gasteiger partial charge in [0.25, 0.3) is 0 Å².